The minimum atomic E-state index is -0.781. The molecular formula is C13H16N4O4. The first kappa shape index (κ1) is 13.7. The molecule has 1 aliphatic carbocycles. The first-order chi connectivity index (χ1) is 10.1. The summed E-state index contributed by atoms with van der Waals surface area (Å²) in [7, 11) is 0. The van der Waals surface area contributed by atoms with Crippen molar-refractivity contribution < 1.29 is 14.4 Å². The molecule has 1 aromatic rings. The Morgan fingerprint density at radius 1 is 1.52 bits per heavy atom. The molecule has 1 saturated heterocycles. The van der Waals surface area contributed by atoms with Gasteiger partial charge in [0.1, 0.15) is 18.7 Å². The average molecular weight is 292 g/mol. The fraction of sp³-hybridized carbons (Fsp3) is 0.538. The highest BCUT2D eigenvalue weighted by molar-refractivity contribution is 5.89. The Labute approximate surface area is 120 Å². The summed E-state index contributed by atoms with van der Waals surface area (Å²) in [4.78, 5) is 40.3. The van der Waals surface area contributed by atoms with E-state index in [1.807, 2.05) is 0 Å². The first-order valence-electron chi connectivity index (χ1n) is 6.90. The number of amides is 2. The summed E-state index contributed by atoms with van der Waals surface area (Å²) < 4.78 is 1.17. The molecule has 2 heterocycles. The summed E-state index contributed by atoms with van der Waals surface area (Å²) in [6.07, 6.45) is 2.66. The van der Waals surface area contributed by atoms with Crippen molar-refractivity contribution in [1.29, 1.82) is 0 Å². The van der Waals surface area contributed by atoms with Crippen molar-refractivity contribution in [3.8, 4) is 0 Å². The smallest absolute Gasteiger partial charge is 0.268 e. The van der Waals surface area contributed by atoms with Crippen molar-refractivity contribution >= 4 is 11.8 Å². The van der Waals surface area contributed by atoms with Crippen LogP contribution in [-0.4, -0.2) is 34.2 Å². The Hall–Kier alpha value is -2.22. The maximum atomic E-state index is 12.2. The van der Waals surface area contributed by atoms with Crippen molar-refractivity contribution in [2.75, 3.05) is 6.61 Å². The number of hydrogen-bond acceptors (Lipinski definition) is 5. The molecule has 2 amide bonds. The zero-order valence-corrected chi connectivity index (χ0v) is 11.6. The van der Waals surface area contributed by atoms with Crippen LogP contribution in [0.3, 0.4) is 0 Å². The predicted molar refractivity (Wildman–Crippen MR) is 71.3 cm³/mol. The van der Waals surface area contributed by atoms with E-state index >= 15 is 0 Å². The number of carbonyl (C=O) groups is 2. The third kappa shape index (κ3) is 2.54. The molecule has 21 heavy (non-hydrogen) atoms. The quantitative estimate of drug-likeness (QED) is 0.731. The van der Waals surface area contributed by atoms with Crippen LogP contribution in [0.2, 0.25) is 0 Å². The topological polar surface area (TPSA) is 102 Å². The number of nitrogens with one attached hydrogen (secondary N) is 2. The Balaban J connectivity index is 1.78. The van der Waals surface area contributed by atoms with Crippen LogP contribution in [0, 0.1) is 0 Å². The van der Waals surface area contributed by atoms with Crippen LogP contribution in [0.15, 0.2) is 10.9 Å². The minimum absolute atomic E-state index is 0.0732. The van der Waals surface area contributed by atoms with Gasteiger partial charge in [0.2, 0.25) is 5.91 Å². The Kier molecular flexibility index (Phi) is 3.46. The van der Waals surface area contributed by atoms with Crippen LogP contribution in [0.5, 0.6) is 0 Å². The second kappa shape index (κ2) is 5.28. The molecule has 1 aromatic heterocycles. The second-order valence-corrected chi connectivity index (χ2v) is 5.27. The van der Waals surface area contributed by atoms with E-state index in [4.69, 9.17) is 4.84 Å². The largest absolute Gasteiger partial charge is 0.340 e. The van der Waals surface area contributed by atoms with Gasteiger partial charge in [-0.2, -0.15) is 5.10 Å². The lowest BCUT2D eigenvalue weighted by Gasteiger charge is -2.16. The third-order valence-electron chi connectivity index (χ3n) is 3.78. The molecule has 0 radical (unpaired) electrons. The molecule has 1 fully saturated rings. The van der Waals surface area contributed by atoms with Crippen LogP contribution in [0.25, 0.3) is 0 Å². The van der Waals surface area contributed by atoms with Gasteiger partial charge in [0, 0.05) is 6.07 Å². The molecule has 0 saturated carbocycles. The highest BCUT2D eigenvalue weighted by Crippen LogP contribution is 2.18. The number of aryl methyl sites for hydroxylation is 2. The lowest BCUT2D eigenvalue weighted by molar-refractivity contribution is -0.130. The van der Waals surface area contributed by atoms with Gasteiger partial charge in [0.15, 0.2) is 0 Å². The van der Waals surface area contributed by atoms with Crippen LogP contribution in [0.1, 0.15) is 30.6 Å². The molecule has 0 aromatic carbocycles. The summed E-state index contributed by atoms with van der Waals surface area (Å²) in [5.74, 6) is -0.835. The van der Waals surface area contributed by atoms with Crippen molar-refractivity contribution in [2.24, 2.45) is 0 Å². The highest BCUT2D eigenvalue weighted by Gasteiger charge is 2.30. The van der Waals surface area contributed by atoms with Gasteiger partial charge in [-0.3, -0.25) is 19.2 Å². The third-order valence-corrected chi connectivity index (χ3v) is 3.78. The molecule has 2 atom stereocenters. The van der Waals surface area contributed by atoms with Gasteiger partial charge >= 0.3 is 0 Å². The molecule has 0 spiro atoms. The summed E-state index contributed by atoms with van der Waals surface area (Å²) >= 11 is 0. The SMILES string of the molecule is CC(C(=O)NC1CONC1=O)n1nc2c(cc1=O)CCC2. The van der Waals surface area contributed by atoms with E-state index in [9.17, 15) is 14.4 Å². The van der Waals surface area contributed by atoms with Gasteiger partial charge in [0.05, 0.1) is 5.69 Å². The van der Waals surface area contributed by atoms with E-state index in [1.54, 1.807) is 13.0 Å². The maximum Gasteiger partial charge on any atom is 0.268 e. The highest BCUT2D eigenvalue weighted by atomic mass is 16.7. The minimum Gasteiger partial charge on any atom is -0.340 e. The number of hydroxylamine groups is 1. The van der Waals surface area contributed by atoms with E-state index in [0.29, 0.717) is 0 Å². The summed E-state index contributed by atoms with van der Waals surface area (Å²) in [6.45, 7) is 1.66. The van der Waals surface area contributed by atoms with Crippen LogP contribution >= 0.6 is 0 Å². The molecule has 2 aliphatic rings. The molecule has 2 N–H and O–H groups in total. The Bertz CT molecular complexity index is 654. The zero-order valence-electron chi connectivity index (χ0n) is 11.6. The van der Waals surface area contributed by atoms with Gasteiger partial charge in [-0.1, -0.05) is 0 Å². The number of nitrogens with zero attached hydrogens (tertiary/aromatic N) is 2. The molecule has 8 heteroatoms. The molecule has 3 rings (SSSR count). The monoisotopic (exact) mass is 292 g/mol. The molecule has 0 bridgehead atoms. The van der Waals surface area contributed by atoms with Gasteiger partial charge in [-0.25, -0.2) is 10.2 Å². The number of aromatic nitrogens is 2. The van der Waals surface area contributed by atoms with Crippen molar-refractivity contribution in [1.82, 2.24) is 20.6 Å². The molecule has 112 valence electrons. The van der Waals surface area contributed by atoms with Crippen molar-refractivity contribution in [2.45, 2.75) is 38.3 Å². The number of carbonyl (C=O) groups excluding carboxylic acids is 2. The molecule has 8 nitrogen and oxygen atoms in total. The number of rotatable bonds is 3. The normalized spacial score (nSPS) is 21.8. The Morgan fingerprint density at radius 2 is 2.33 bits per heavy atom. The van der Waals surface area contributed by atoms with E-state index in [0.717, 1.165) is 30.5 Å². The van der Waals surface area contributed by atoms with E-state index in [1.165, 1.54) is 4.68 Å². The lowest BCUT2D eigenvalue weighted by Crippen LogP contribution is -2.46. The van der Waals surface area contributed by atoms with E-state index in [2.05, 4.69) is 15.9 Å². The summed E-state index contributed by atoms with van der Waals surface area (Å²) in [5.41, 5.74) is 3.70. The molecule has 1 aliphatic heterocycles. The van der Waals surface area contributed by atoms with Crippen LogP contribution < -0.4 is 16.4 Å². The summed E-state index contributed by atoms with van der Waals surface area (Å²) in [5, 5.41) is 6.83. The van der Waals surface area contributed by atoms with Crippen molar-refractivity contribution in [3.05, 3.63) is 27.7 Å². The van der Waals surface area contributed by atoms with Gasteiger partial charge in [-0.05, 0) is 31.7 Å². The predicted octanol–water partition coefficient (Wildman–Crippen LogP) is -1.16. The van der Waals surface area contributed by atoms with E-state index < -0.39 is 23.9 Å². The number of hydrogen-bond donors (Lipinski definition) is 2. The zero-order chi connectivity index (χ0) is 15.0. The Morgan fingerprint density at radius 3 is 3.05 bits per heavy atom. The first-order valence-corrected chi connectivity index (χ1v) is 6.90. The molecule has 2 unspecified atom stereocenters. The lowest BCUT2D eigenvalue weighted by atomic mass is 10.2. The van der Waals surface area contributed by atoms with Gasteiger partial charge < -0.3 is 5.32 Å². The number of fused-ring (bicyclic) bond motifs is 1. The van der Waals surface area contributed by atoms with Crippen LogP contribution in [0.4, 0.5) is 0 Å². The fourth-order valence-corrected chi connectivity index (χ4v) is 2.55. The molecular weight excluding hydrogens is 276 g/mol. The average Bonchev–Trinajstić information content (AvgIpc) is 3.06. The van der Waals surface area contributed by atoms with Crippen molar-refractivity contribution in [3.63, 3.8) is 0 Å². The van der Waals surface area contributed by atoms with Gasteiger partial charge in [-0.15, -0.1) is 0 Å². The fourth-order valence-electron chi connectivity index (χ4n) is 2.55. The van der Waals surface area contributed by atoms with Crippen LogP contribution in [-0.2, 0) is 27.3 Å². The van der Waals surface area contributed by atoms with E-state index in [-0.39, 0.29) is 12.2 Å². The summed E-state index contributed by atoms with van der Waals surface area (Å²) in [6, 6.07) is 0.0340. The maximum absolute atomic E-state index is 12.2. The van der Waals surface area contributed by atoms with Gasteiger partial charge in [0.25, 0.3) is 11.5 Å². The standard InChI is InChI=1S/C13H16N4O4/c1-7(12(19)14-10-6-21-16-13(10)20)17-11(18)5-8-3-2-4-9(8)15-17/h5,7,10H,2-4,6H2,1H3,(H,14,19)(H,16,20). The second-order valence-electron chi connectivity index (χ2n) is 5.27.